The van der Waals surface area contributed by atoms with Gasteiger partial charge in [0.2, 0.25) is 0 Å². The first-order valence-corrected chi connectivity index (χ1v) is 12.7. The number of nitrogens with zero attached hydrogens (tertiary/aromatic N) is 2. The SMILES string of the molecule is [2H]c1c([2H])c([2H])c2c3c[c-]c(C)c(C)c3n3c4c(cccc4c4ccccc4c2c1[2H])N(c1ccccc1C)[C@H]3C.[Ru+]. The van der Waals surface area contributed by atoms with Crippen LogP contribution in [-0.2, 0) is 19.5 Å². The smallest absolute Gasteiger partial charge is 0.341 e. The molecule has 1 aliphatic rings. The van der Waals surface area contributed by atoms with E-state index < -0.39 is 0 Å². The number of anilines is 2. The summed E-state index contributed by atoms with van der Waals surface area (Å²) in [4.78, 5) is 2.38. The van der Waals surface area contributed by atoms with Gasteiger partial charge in [0.25, 0.3) is 0 Å². The minimum atomic E-state index is -0.233. The minimum absolute atomic E-state index is 0. The Labute approximate surface area is 242 Å². The molecule has 3 heteroatoms. The van der Waals surface area contributed by atoms with E-state index in [9.17, 15) is 0 Å². The maximum atomic E-state index is 9.16. The van der Waals surface area contributed by atoms with E-state index in [2.05, 4.69) is 84.8 Å². The third-order valence-corrected chi connectivity index (χ3v) is 7.93. The van der Waals surface area contributed by atoms with E-state index in [0.717, 1.165) is 55.1 Å². The van der Waals surface area contributed by atoms with E-state index in [1.807, 2.05) is 31.2 Å². The van der Waals surface area contributed by atoms with Gasteiger partial charge in [-0.05, 0) is 47.7 Å². The maximum Gasteiger partial charge on any atom is 1.00 e. The monoisotopic (exact) mass is 583 g/mol. The van der Waals surface area contributed by atoms with Gasteiger partial charge in [0.15, 0.2) is 0 Å². The van der Waals surface area contributed by atoms with Crippen LogP contribution in [0.4, 0.5) is 11.4 Å². The molecule has 7 rings (SSSR count). The molecule has 0 unspecified atom stereocenters. The standard InChI is InChI=1S/C35H29N2.Ru/c1-22-20-21-31-29-16-9-7-14-27(29)26-13-6-8-15-28(26)30-17-11-19-33-35(30)37(34(31)24(22)3)25(4)36(33)32-18-10-5-12-23(32)2;/h5-19,21,25H,1-4H3;/q-1;+1/t25-;/m1./s1/i7D,9D,14D,16D;. The van der Waals surface area contributed by atoms with Gasteiger partial charge in [0.1, 0.15) is 6.17 Å². The molecule has 0 aliphatic carbocycles. The summed E-state index contributed by atoms with van der Waals surface area (Å²) in [7, 11) is 0. The molecule has 0 saturated carbocycles. The largest absolute Gasteiger partial charge is 1.00 e. The van der Waals surface area contributed by atoms with Crippen LogP contribution in [0.2, 0.25) is 0 Å². The van der Waals surface area contributed by atoms with Crippen LogP contribution in [0.5, 0.6) is 0 Å². The molecule has 2 nitrogen and oxygen atoms in total. The van der Waals surface area contributed by atoms with Crippen molar-refractivity contribution in [2.24, 2.45) is 0 Å². The summed E-state index contributed by atoms with van der Waals surface area (Å²) in [6.07, 6.45) is -0.115. The fourth-order valence-corrected chi connectivity index (χ4v) is 6.05. The average molecular weight is 583 g/mol. The number of hydrogen-bond acceptors (Lipinski definition) is 1. The third-order valence-electron chi connectivity index (χ3n) is 7.93. The first-order chi connectivity index (χ1) is 19.7. The zero-order valence-electron chi connectivity index (χ0n) is 25.8. The van der Waals surface area contributed by atoms with Crippen molar-refractivity contribution in [2.75, 3.05) is 4.90 Å². The molecule has 6 aromatic rings. The fraction of sp³-hybridized carbons (Fsp3) is 0.143. The van der Waals surface area contributed by atoms with Crippen molar-refractivity contribution in [3.05, 3.63) is 120 Å². The predicted molar refractivity (Wildman–Crippen MR) is 158 cm³/mol. The Morgan fingerprint density at radius 1 is 0.684 bits per heavy atom. The van der Waals surface area contributed by atoms with E-state index in [1.54, 1.807) is 0 Å². The molecule has 187 valence electrons. The van der Waals surface area contributed by atoms with Crippen LogP contribution >= 0.6 is 0 Å². The second-order valence-electron chi connectivity index (χ2n) is 9.93. The molecular formula is C35H29N2Ru. The Hall–Kier alpha value is -3.68. The van der Waals surface area contributed by atoms with Crippen molar-refractivity contribution in [3.8, 4) is 0 Å². The summed E-state index contributed by atoms with van der Waals surface area (Å²) >= 11 is 0. The molecule has 38 heavy (non-hydrogen) atoms. The maximum absolute atomic E-state index is 9.16. The Morgan fingerprint density at radius 3 is 2.03 bits per heavy atom. The van der Waals surface area contributed by atoms with Gasteiger partial charge in [-0.1, -0.05) is 104 Å². The summed E-state index contributed by atoms with van der Waals surface area (Å²) in [6, 6.07) is 27.6. The molecule has 0 amide bonds. The van der Waals surface area contributed by atoms with Crippen LogP contribution < -0.4 is 4.90 Å². The van der Waals surface area contributed by atoms with Crippen molar-refractivity contribution < 1.29 is 25.0 Å². The molecule has 0 spiro atoms. The van der Waals surface area contributed by atoms with Crippen molar-refractivity contribution in [2.45, 2.75) is 33.9 Å². The minimum Gasteiger partial charge on any atom is -0.341 e. The van der Waals surface area contributed by atoms with E-state index >= 15 is 0 Å². The van der Waals surface area contributed by atoms with Gasteiger partial charge < -0.3 is 9.47 Å². The summed E-state index contributed by atoms with van der Waals surface area (Å²) in [6.45, 7) is 8.48. The average Bonchev–Trinajstić information content (AvgIpc) is 3.28. The first kappa shape index (κ1) is 20.3. The number of rotatable bonds is 1. The van der Waals surface area contributed by atoms with Gasteiger partial charge in [0, 0.05) is 11.1 Å². The van der Waals surface area contributed by atoms with Crippen LogP contribution in [0.3, 0.4) is 0 Å². The van der Waals surface area contributed by atoms with Gasteiger partial charge in [-0.3, -0.25) is 0 Å². The van der Waals surface area contributed by atoms with Crippen LogP contribution in [0.1, 0.15) is 35.3 Å². The van der Waals surface area contributed by atoms with Crippen LogP contribution in [0, 0.1) is 26.8 Å². The van der Waals surface area contributed by atoms with Crippen molar-refractivity contribution >= 4 is 54.7 Å². The number of fused-ring (bicyclic) bond motifs is 7. The second-order valence-corrected chi connectivity index (χ2v) is 9.93. The Bertz CT molecular complexity index is 2170. The van der Waals surface area contributed by atoms with Gasteiger partial charge in [-0.15, -0.1) is 10.9 Å². The third kappa shape index (κ3) is 3.42. The van der Waals surface area contributed by atoms with Crippen LogP contribution in [-0.4, -0.2) is 4.57 Å². The van der Waals surface area contributed by atoms with Crippen molar-refractivity contribution in [3.63, 3.8) is 0 Å². The van der Waals surface area contributed by atoms with Crippen molar-refractivity contribution in [1.29, 1.82) is 0 Å². The van der Waals surface area contributed by atoms with Gasteiger partial charge in [0.05, 0.1) is 16.7 Å². The molecule has 1 atom stereocenters. The number of hydrogen-bond donors (Lipinski definition) is 0. The quantitative estimate of drug-likeness (QED) is 0.138. The van der Waals surface area contributed by atoms with Gasteiger partial charge in [-0.25, -0.2) is 0 Å². The number of benzene rings is 5. The molecule has 1 aromatic heterocycles. The topological polar surface area (TPSA) is 8.17 Å². The Balaban J connectivity index is 0.00000316. The van der Waals surface area contributed by atoms with E-state index in [4.69, 9.17) is 5.48 Å². The molecule has 1 radical (unpaired) electrons. The van der Waals surface area contributed by atoms with Gasteiger partial charge in [-0.2, -0.15) is 17.7 Å². The second kappa shape index (κ2) is 9.26. The van der Waals surface area contributed by atoms with E-state index in [1.165, 1.54) is 5.56 Å². The number of para-hydroxylation sites is 2. The summed E-state index contributed by atoms with van der Waals surface area (Å²) in [5.74, 6) is 0. The molecule has 0 saturated heterocycles. The van der Waals surface area contributed by atoms with Crippen LogP contribution in [0.15, 0.2) is 97.0 Å². The van der Waals surface area contributed by atoms with E-state index in [-0.39, 0.29) is 49.8 Å². The molecule has 0 N–H and O–H groups in total. The number of aryl methyl sites for hydroxylation is 3. The molecule has 0 bridgehead atoms. The first-order valence-electron chi connectivity index (χ1n) is 14.7. The predicted octanol–water partition coefficient (Wildman–Crippen LogP) is 9.62. The molecular weight excluding hydrogens is 549 g/mol. The summed E-state index contributed by atoms with van der Waals surface area (Å²) in [5, 5.41) is 4.53. The Morgan fingerprint density at radius 2 is 1.29 bits per heavy atom. The van der Waals surface area contributed by atoms with Crippen LogP contribution in [0.25, 0.3) is 43.4 Å². The van der Waals surface area contributed by atoms with Crippen molar-refractivity contribution in [1.82, 2.24) is 4.57 Å². The number of aromatic nitrogens is 1. The zero-order valence-corrected chi connectivity index (χ0v) is 23.5. The normalized spacial score (nSPS) is 15.8. The molecule has 5 aromatic carbocycles. The van der Waals surface area contributed by atoms with E-state index in [0.29, 0.717) is 10.8 Å². The Kier molecular flexibility index (Phi) is 4.95. The summed E-state index contributed by atoms with van der Waals surface area (Å²) in [5.41, 5.74) is 7.44. The zero-order chi connectivity index (χ0) is 28.7. The fourth-order valence-electron chi connectivity index (χ4n) is 6.05. The van der Waals surface area contributed by atoms with Gasteiger partial charge >= 0.3 is 19.5 Å². The summed E-state index contributed by atoms with van der Waals surface area (Å²) < 4.78 is 37.9. The molecule has 2 heterocycles. The molecule has 1 aliphatic heterocycles. The molecule has 0 fully saturated rings.